The van der Waals surface area contributed by atoms with Crippen molar-refractivity contribution in [3.05, 3.63) is 12.2 Å². The van der Waals surface area contributed by atoms with Crippen molar-refractivity contribution in [3.8, 4) is 0 Å². The third kappa shape index (κ3) is 30.1. The molecule has 6 atom stereocenters. The van der Waals surface area contributed by atoms with Crippen molar-refractivity contribution in [2.24, 2.45) is 0 Å². The van der Waals surface area contributed by atoms with Crippen molar-refractivity contribution in [2.45, 2.75) is 237 Å². The standard InChI is InChI=1S/C44H82O12S/c1-3-5-7-9-11-13-15-17-19-21-23-25-27-29-31-33-40(46)55-37(35-54-44-43(49)42(48)41(47)38(56-44)36-57(50,51)52)34-53-39(45)32-30-28-26-24-22-20-18-16-14-12-10-8-6-4-2/h23,25,37-38,41-44,47-49H,3-22,24,26-36H2,1-2H3,(H,50,51,52)/b25-23+/t37-,38-,41-,42?,43?,44+/m1/s1. The molecule has 2 unspecified atom stereocenters. The lowest BCUT2D eigenvalue weighted by atomic mass is 10.00. The second-order valence-corrected chi connectivity index (χ2v) is 17.6. The van der Waals surface area contributed by atoms with Gasteiger partial charge in [-0.1, -0.05) is 161 Å². The molecule has 1 heterocycles. The third-order valence-corrected chi connectivity index (χ3v) is 11.3. The number of unbranched alkanes of at least 4 members (excludes halogenated alkanes) is 24. The Bertz CT molecular complexity index is 1120. The maximum Gasteiger partial charge on any atom is 0.306 e. The molecule has 0 spiro atoms. The van der Waals surface area contributed by atoms with Crippen LogP contribution in [0.2, 0.25) is 0 Å². The van der Waals surface area contributed by atoms with E-state index in [0.717, 1.165) is 38.5 Å². The van der Waals surface area contributed by atoms with Gasteiger partial charge in [-0.3, -0.25) is 14.1 Å². The maximum atomic E-state index is 12.8. The molecule has 0 aliphatic carbocycles. The lowest BCUT2D eigenvalue weighted by molar-refractivity contribution is -0.297. The Morgan fingerprint density at radius 3 is 1.49 bits per heavy atom. The van der Waals surface area contributed by atoms with Crippen molar-refractivity contribution < 1.29 is 56.8 Å². The number of rotatable bonds is 38. The van der Waals surface area contributed by atoms with Crippen LogP contribution in [0.5, 0.6) is 0 Å². The van der Waals surface area contributed by atoms with Crippen LogP contribution in [-0.2, 0) is 38.7 Å². The maximum absolute atomic E-state index is 12.8. The Morgan fingerprint density at radius 1 is 0.579 bits per heavy atom. The predicted octanol–water partition coefficient (Wildman–Crippen LogP) is 9.06. The number of ether oxygens (including phenoxy) is 4. The zero-order chi connectivity index (χ0) is 42.0. The van der Waals surface area contributed by atoms with Gasteiger partial charge in [0.25, 0.3) is 10.1 Å². The predicted molar refractivity (Wildman–Crippen MR) is 224 cm³/mol. The van der Waals surface area contributed by atoms with Crippen LogP contribution in [0.4, 0.5) is 0 Å². The van der Waals surface area contributed by atoms with Gasteiger partial charge in [0, 0.05) is 12.8 Å². The summed E-state index contributed by atoms with van der Waals surface area (Å²) in [6.45, 7) is 3.75. The summed E-state index contributed by atoms with van der Waals surface area (Å²) in [7, 11) is -4.60. The summed E-state index contributed by atoms with van der Waals surface area (Å²) in [5.74, 6) is -2.00. The summed E-state index contributed by atoms with van der Waals surface area (Å²) in [4.78, 5) is 25.4. The van der Waals surface area contributed by atoms with Crippen LogP contribution in [0, 0.1) is 0 Å². The van der Waals surface area contributed by atoms with Gasteiger partial charge in [0.15, 0.2) is 12.4 Å². The lowest BCUT2D eigenvalue weighted by Gasteiger charge is -2.40. The molecular weight excluding hydrogens is 753 g/mol. The number of aliphatic hydroxyl groups excluding tert-OH is 3. The summed E-state index contributed by atoms with van der Waals surface area (Å²) in [6, 6.07) is 0. The number of carbonyl (C=O) groups excluding carboxylic acids is 2. The minimum absolute atomic E-state index is 0.138. The van der Waals surface area contributed by atoms with E-state index in [1.54, 1.807) is 0 Å². The number of esters is 2. The fourth-order valence-electron chi connectivity index (χ4n) is 7.02. The molecule has 0 saturated carbocycles. The molecule has 4 N–H and O–H groups in total. The van der Waals surface area contributed by atoms with Crippen LogP contribution in [-0.4, -0.2) is 96.0 Å². The fraction of sp³-hybridized carbons (Fsp3) is 0.909. The van der Waals surface area contributed by atoms with Crippen molar-refractivity contribution >= 4 is 22.1 Å². The van der Waals surface area contributed by atoms with Gasteiger partial charge in [0.1, 0.15) is 36.8 Å². The highest BCUT2D eigenvalue weighted by molar-refractivity contribution is 7.85. The first-order valence-corrected chi connectivity index (χ1v) is 24.4. The van der Waals surface area contributed by atoms with E-state index in [0.29, 0.717) is 12.8 Å². The molecular formula is C44H82O12S. The summed E-state index contributed by atoms with van der Waals surface area (Å²) < 4.78 is 54.0. The molecule has 1 saturated heterocycles. The van der Waals surface area contributed by atoms with Gasteiger partial charge in [-0.25, -0.2) is 0 Å². The van der Waals surface area contributed by atoms with Crippen molar-refractivity contribution in [1.29, 1.82) is 0 Å². The first-order valence-electron chi connectivity index (χ1n) is 22.7. The van der Waals surface area contributed by atoms with Gasteiger partial charge in [0.05, 0.1) is 6.61 Å². The largest absolute Gasteiger partial charge is 0.462 e. The Hall–Kier alpha value is -1.61. The highest BCUT2D eigenvalue weighted by atomic mass is 32.2. The molecule has 336 valence electrons. The molecule has 1 fully saturated rings. The van der Waals surface area contributed by atoms with E-state index in [-0.39, 0.29) is 19.4 Å². The molecule has 1 rings (SSSR count). The Morgan fingerprint density at radius 2 is 1.00 bits per heavy atom. The number of allylic oxidation sites excluding steroid dienone is 2. The molecule has 0 aromatic carbocycles. The molecule has 57 heavy (non-hydrogen) atoms. The third-order valence-electron chi connectivity index (χ3n) is 10.6. The topological polar surface area (TPSA) is 186 Å². The first kappa shape index (κ1) is 53.4. The number of hydrogen-bond donors (Lipinski definition) is 4. The normalized spacial score (nSPS) is 20.6. The summed E-state index contributed by atoms with van der Waals surface area (Å²) in [6.07, 6.45) is 26.9. The van der Waals surface area contributed by atoms with E-state index >= 15 is 0 Å². The molecule has 0 amide bonds. The van der Waals surface area contributed by atoms with Crippen LogP contribution in [0.25, 0.3) is 0 Å². The monoisotopic (exact) mass is 835 g/mol. The highest BCUT2D eigenvalue weighted by Gasteiger charge is 2.46. The van der Waals surface area contributed by atoms with Crippen molar-refractivity contribution in [2.75, 3.05) is 19.0 Å². The molecule has 1 aliphatic rings. The van der Waals surface area contributed by atoms with Gasteiger partial charge in [-0.15, -0.1) is 0 Å². The highest BCUT2D eigenvalue weighted by Crippen LogP contribution is 2.24. The van der Waals surface area contributed by atoms with E-state index in [9.17, 15) is 37.9 Å². The molecule has 12 nitrogen and oxygen atoms in total. The second-order valence-electron chi connectivity index (χ2n) is 16.1. The van der Waals surface area contributed by atoms with E-state index in [1.165, 1.54) is 122 Å². The lowest BCUT2D eigenvalue weighted by Crippen LogP contribution is -2.60. The van der Waals surface area contributed by atoms with Gasteiger partial charge in [0.2, 0.25) is 0 Å². The van der Waals surface area contributed by atoms with Gasteiger partial charge in [-0.2, -0.15) is 8.42 Å². The van der Waals surface area contributed by atoms with E-state index in [4.69, 9.17) is 18.9 Å². The smallest absolute Gasteiger partial charge is 0.306 e. The number of hydrogen-bond acceptors (Lipinski definition) is 11. The van der Waals surface area contributed by atoms with Gasteiger partial charge < -0.3 is 34.3 Å². The van der Waals surface area contributed by atoms with Crippen molar-refractivity contribution in [1.82, 2.24) is 0 Å². The molecule has 0 bridgehead atoms. The van der Waals surface area contributed by atoms with E-state index in [1.807, 2.05) is 0 Å². The minimum atomic E-state index is -4.60. The molecule has 0 aromatic rings. The molecule has 13 heteroatoms. The second kappa shape index (κ2) is 35.2. The molecule has 1 aliphatic heterocycles. The first-order chi connectivity index (χ1) is 27.5. The minimum Gasteiger partial charge on any atom is -0.462 e. The SMILES string of the molecule is CCCCCCCCCCC/C=C/CCCCC(=O)O[C@H](COC(=O)CCCCCCCCCCCCCCCC)CO[C@H]1O[C@H](CS(=O)(=O)O)[C@@H](O)C(O)C1O. The Kier molecular flexibility index (Phi) is 33.0. The quantitative estimate of drug-likeness (QED) is 0.0200. The number of aliphatic hydroxyl groups is 3. The Balaban J connectivity index is 2.46. The van der Waals surface area contributed by atoms with Crippen LogP contribution >= 0.6 is 0 Å². The van der Waals surface area contributed by atoms with Crippen LogP contribution in [0.1, 0.15) is 200 Å². The Labute approximate surface area is 346 Å². The van der Waals surface area contributed by atoms with Gasteiger partial charge >= 0.3 is 11.9 Å². The van der Waals surface area contributed by atoms with Crippen LogP contribution < -0.4 is 0 Å². The van der Waals surface area contributed by atoms with Crippen LogP contribution in [0.3, 0.4) is 0 Å². The van der Waals surface area contributed by atoms with Crippen LogP contribution in [0.15, 0.2) is 12.2 Å². The van der Waals surface area contributed by atoms with E-state index in [2.05, 4.69) is 26.0 Å². The molecule has 0 aromatic heterocycles. The zero-order valence-electron chi connectivity index (χ0n) is 35.7. The van der Waals surface area contributed by atoms with E-state index < -0.39 is 71.2 Å². The molecule has 0 radical (unpaired) electrons. The van der Waals surface area contributed by atoms with Gasteiger partial charge in [-0.05, 0) is 38.5 Å². The zero-order valence-corrected chi connectivity index (χ0v) is 36.5. The average molecular weight is 835 g/mol. The number of carbonyl (C=O) groups is 2. The van der Waals surface area contributed by atoms with Crippen molar-refractivity contribution in [3.63, 3.8) is 0 Å². The summed E-state index contributed by atoms with van der Waals surface area (Å²) in [5.41, 5.74) is 0. The summed E-state index contributed by atoms with van der Waals surface area (Å²) >= 11 is 0. The average Bonchev–Trinajstić information content (AvgIpc) is 3.17. The summed E-state index contributed by atoms with van der Waals surface area (Å²) in [5, 5.41) is 30.9. The fourth-order valence-corrected chi connectivity index (χ4v) is 7.72.